The summed E-state index contributed by atoms with van der Waals surface area (Å²) < 4.78 is 25.6. The minimum Gasteiger partial charge on any atom is -0.353 e. The second-order valence-electron chi connectivity index (χ2n) is 5.20. The molecule has 2 amide bonds. The van der Waals surface area contributed by atoms with Gasteiger partial charge in [0.05, 0.1) is 12.3 Å². The lowest BCUT2D eigenvalue weighted by molar-refractivity contribution is -0.131. The molecule has 0 heterocycles. The van der Waals surface area contributed by atoms with Crippen LogP contribution in [0.4, 0.5) is 0 Å². The zero-order chi connectivity index (χ0) is 16.6. The molecule has 0 aromatic carbocycles. The molecule has 0 bridgehead atoms. The zero-order valence-corrected chi connectivity index (χ0v) is 15.1. The van der Waals surface area contributed by atoms with Gasteiger partial charge in [-0.05, 0) is 20.8 Å². The molecule has 22 heavy (non-hydrogen) atoms. The van der Waals surface area contributed by atoms with E-state index >= 15 is 0 Å². The second kappa shape index (κ2) is 10.8. The van der Waals surface area contributed by atoms with Crippen molar-refractivity contribution in [3.63, 3.8) is 0 Å². The average molecular weight is 359 g/mol. The molecule has 0 rings (SSSR count). The second-order valence-corrected chi connectivity index (χ2v) is 7.13. The van der Waals surface area contributed by atoms with Crippen molar-refractivity contribution >= 4 is 34.2 Å². The number of hydrogen-bond acceptors (Lipinski definition) is 5. The Morgan fingerprint density at radius 1 is 1.23 bits per heavy atom. The summed E-state index contributed by atoms with van der Waals surface area (Å²) in [5.74, 6) is -1.07. The highest BCUT2D eigenvalue weighted by atomic mass is 35.5. The molecule has 132 valence electrons. The summed E-state index contributed by atoms with van der Waals surface area (Å²) in [4.78, 5) is 24.5. The van der Waals surface area contributed by atoms with Crippen LogP contribution in [0.3, 0.4) is 0 Å². The molecule has 0 aliphatic carbocycles. The van der Waals surface area contributed by atoms with Crippen molar-refractivity contribution in [1.82, 2.24) is 14.9 Å². The predicted octanol–water partition coefficient (Wildman–Crippen LogP) is -0.952. The number of halogens is 1. The fraction of sp³-hybridized carbons (Fsp3) is 0.833. The van der Waals surface area contributed by atoms with Crippen LogP contribution < -0.4 is 15.8 Å². The highest BCUT2D eigenvalue weighted by molar-refractivity contribution is 7.89. The van der Waals surface area contributed by atoms with Crippen molar-refractivity contribution in [3.8, 4) is 0 Å². The molecule has 1 unspecified atom stereocenters. The fourth-order valence-electron chi connectivity index (χ4n) is 1.42. The molecule has 0 saturated carbocycles. The summed E-state index contributed by atoms with van der Waals surface area (Å²) in [6, 6.07) is -0.208. The molecule has 4 N–H and O–H groups in total. The van der Waals surface area contributed by atoms with Gasteiger partial charge in [0, 0.05) is 32.1 Å². The maximum Gasteiger partial charge on any atom is 0.235 e. The van der Waals surface area contributed by atoms with Gasteiger partial charge in [0.25, 0.3) is 0 Å². The van der Waals surface area contributed by atoms with Crippen molar-refractivity contribution < 1.29 is 18.0 Å². The van der Waals surface area contributed by atoms with E-state index in [2.05, 4.69) is 10.0 Å². The Balaban J connectivity index is 0. The summed E-state index contributed by atoms with van der Waals surface area (Å²) in [5, 5.41) is 2.57. The Labute approximate surface area is 138 Å². The number of likely N-dealkylation sites (N-methyl/N-ethyl adjacent to an activating group) is 1. The van der Waals surface area contributed by atoms with Crippen LogP contribution in [0.2, 0.25) is 0 Å². The first kappa shape index (κ1) is 23.4. The van der Waals surface area contributed by atoms with Crippen LogP contribution in [0, 0.1) is 0 Å². The van der Waals surface area contributed by atoms with Crippen LogP contribution in [0.15, 0.2) is 0 Å². The number of carbonyl (C=O) groups excluding carboxylic acids is 2. The molecule has 0 saturated heterocycles. The van der Waals surface area contributed by atoms with E-state index in [1.807, 2.05) is 0 Å². The van der Waals surface area contributed by atoms with Gasteiger partial charge in [-0.15, -0.1) is 12.4 Å². The lowest BCUT2D eigenvalue weighted by Crippen LogP contribution is -2.42. The standard InChI is InChI=1S/C12H26N4O4S.ClH/c1-9(2)15-11(17)8-14-21(19,20)6-5-12(18)16(4)10(3)7-13;/h9-10,14H,5-8,13H2,1-4H3,(H,15,17);1H. The Kier molecular flexibility index (Phi) is 11.4. The summed E-state index contributed by atoms with van der Waals surface area (Å²) >= 11 is 0. The minimum absolute atomic E-state index is 0. The number of nitrogens with zero attached hydrogens (tertiary/aromatic N) is 1. The minimum atomic E-state index is -3.66. The third kappa shape index (κ3) is 9.93. The number of sulfonamides is 1. The molecule has 0 fully saturated rings. The molecule has 0 aliphatic rings. The highest BCUT2D eigenvalue weighted by Gasteiger charge is 2.19. The highest BCUT2D eigenvalue weighted by Crippen LogP contribution is 1.99. The number of nitrogens with two attached hydrogens (primary N) is 1. The maximum atomic E-state index is 11.8. The predicted molar refractivity (Wildman–Crippen MR) is 88.2 cm³/mol. The molecule has 10 heteroatoms. The number of hydrogen-bond donors (Lipinski definition) is 3. The number of rotatable bonds is 9. The topological polar surface area (TPSA) is 122 Å². The Hall–Kier alpha value is -0.900. The van der Waals surface area contributed by atoms with E-state index in [0.29, 0.717) is 6.54 Å². The third-order valence-electron chi connectivity index (χ3n) is 2.88. The Bertz CT molecular complexity index is 456. The summed E-state index contributed by atoms with van der Waals surface area (Å²) in [7, 11) is -2.08. The van der Waals surface area contributed by atoms with Crippen molar-refractivity contribution in [1.29, 1.82) is 0 Å². The lowest BCUT2D eigenvalue weighted by atomic mass is 10.3. The van der Waals surface area contributed by atoms with E-state index in [0.717, 1.165) is 0 Å². The van der Waals surface area contributed by atoms with Crippen LogP contribution in [0.1, 0.15) is 27.2 Å². The summed E-state index contributed by atoms with van der Waals surface area (Å²) in [5.41, 5.74) is 5.44. The Morgan fingerprint density at radius 3 is 2.23 bits per heavy atom. The van der Waals surface area contributed by atoms with Gasteiger partial charge in [-0.1, -0.05) is 0 Å². The van der Waals surface area contributed by atoms with Gasteiger partial charge in [-0.2, -0.15) is 0 Å². The maximum absolute atomic E-state index is 11.8. The van der Waals surface area contributed by atoms with E-state index in [9.17, 15) is 18.0 Å². The largest absolute Gasteiger partial charge is 0.353 e. The summed E-state index contributed by atoms with van der Waals surface area (Å²) in [6.45, 7) is 5.31. The first-order valence-corrected chi connectivity index (χ1v) is 8.46. The molecule has 0 aromatic rings. The quantitative estimate of drug-likeness (QED) is 0.490. The van der Waals surface area contributed by atoms with Crippen LogP contribution >= 0.6 is 12.4 Å². The number of carbonyl (C=O) groups is 2. The molecular weight excluding hydrogens is 332 g/mol. The van der Waals surface area contributed by atoms with Crippen molar-refractivity contribution in [3.05, 3.63) is 0 Å². The van der Waals surface area contributed by atoms with Crippen LogP contribution in [-0.2, 0) is 19.6 Å². The lowest BCUT2D eigenvalue weighted by Gasteiger charge is -2.23. The van der Waals surface area contributed by atoms with Crippen LogP contribution in [0.5, 0.6) is 0 Å². The summed E-state index contributed by atoms with van der Waals surface area (Å²) in [6.07, 6.45) is -0.151. The van der Waals surface area contributed by atoms with E-state index < -0.39 is 15.9 Å². The van der Waals surface area contributed by atoms with Crippen molar-refractivity contribution in [2.45, 2.75) is 39.3 Å². The van der Waals surface area contributed by atoms with Gasteiger partial charge in [0.15, 0.2) is 0 Å². The smallest absolute Gasteiger partial charge is 0.235 e. The normalized spacial score (nSPS) is 12.5. The fourth-order valence-corrected chi connectivity index (χ4v) is 2.36. The van der Waals surface area contributed by atoms with Crippen molar-refractivity contribution in [2.24, 2.45) is 5.73 Å². The Morgan fingerprint density at radius 2 is 1.77 bits per heavy atom. The van der Waals surface area contributed by atoms with Gasteiger partial charge in [-0.3, -0.25) is 9.59 Å². The van der Waals surface area contributed by atoms with Gasteiger partial charge >= 0.3 is 0 Å². The van der Waals surface area contributed by atoms with E-state index in [1.54, 1.807) is 27.8 Å². The first-order chi connectivity index (χ1) is 9.59. The molecule has 0 spiro atoms. The molecule has 8 nitrogen and oxygen atoms in total. The zero-order valence-electron chi connectivity index (χ0n) is 13.5. The molecule has 0 aromatic heterocycles. The third-order valence-corrected chi connectivity index (χ3v) is 4.21. The van der Waals surface area contributed by atoms with Gasteiger partial charge in [0.1, 0.15) is 0 Å². The van der Waals surface area contributed by atoms with Crippen molar-refractivity contribution in [2.75, 3.05) is 25.9 Å². The average Bonchev–Trinajstić information content (AvgIpc) is 2.40. The van der Waals surface area contributed by atoms with E-state index in [4.69, 9.17) is 5.73 Å². The van der Waals surface area contributed by atoms with Gasteiger partial charge in [0.2, 0.25) is 21.8 Å². The molecule has 0 aliphatic heterocycles. The molecule has 0 radical (unpaired) electrons. The number of nitrogens with one attached hydrogen (secondary N) is 2. The van der Waals surface area contributed by atoms with Crippen LogP contribution in [0.25, 0.3) is 0 Å². The van der Waals surface area contributed by atoms with Crippen LogP contribution in [-0.4, -0.2) is 63.1 Å². The molecular formula is C12H27ClN4O4S. The van der Waals surface area contributed by atoms with E-state index in [1.165, 1.54) is 4.90 Å². The monoisotopic (exact) mass is 358 g/mol. The number of amides is 2. The van der Waals surface area contributed by atoms with Gasteiger partial charge < -0.3 is 16.0 Å². The SMILES string of the molecule is CC(C)NC(=O)CNS(=O)(=O)CCC(=O)N(C)C(C)CN.Cl. The molecule has 1 atom stereocenters. The van der Waals surface area contributed by atoms with Gasteiger partial charge in [-0.25, -0.2) is 13.1 Å². The van der Waals surface area contributed by atoms with E-state index in [-0.39, 0.29) is 49.1 Å². The first-order valence-electron chi connectivity index (χ1n) is 6.81.